The van der Waals surface area contributed by atoms with Gasteiger partial charge in [-0.05, 0) is 43.3 Å². The van der Waals surface area contributed by atoms with E-state index in [2.05, 4.69) is 31.2 Å². The van der Waals surface area contributed by atoms with E-state index in [1.165, 1.54) is 0 Å². The fourth-order valence-electron chi connectivity index (χ4n) is 2.42. The highest BCUT2D eigenvalue weighted by molar-refractivity contribution is 9.10. The van der Waals surface area contributed by atoms with E-state index in [1.54, 1.807) is 17.2 Å². The minimum absolute atomic E-state index is 0.159. The summed E-state index contributed by atoms with van der Waals surface area (Å²) in [6, 6.07) is 18.8. The fraction of sp³-hybridized carbons (Fsp3) is 0.105. The van der Waals surface area contributed by atoms with Crippen molar-refractivity contribution in [1.29, 1.82) is 0 Å². The Kier molecular flexibility index (Phi) is 5.40. The minimum Gasteiger partial charge on any atom is -0.324 e. The second-order valence-electron chi connectivity index (χ2n) is 5.29. The molecule has 0 aliphatic rings. The van der Waals surface area contributed by atoms with E-state index in [1.807, 2.05) is 61.5 Å². The van der Waals surface area contributed by atoms with Crippen LogP contribution in [0, 0.1) is 0 Å². The van der Waals surface area contributed by atoms with Crippen molar-refractivity contribution in [3.63, 3.8) is 0 Å². The molecule has 25 heavy (non-hydrogen) atoms. The third kappa shape index (κ3) is 4.22. The third-order valence-corrected chi connectivity index (χ3v) is 4.08. The van der Waals surface area contributed by atoms with Crippen LogP contribution in [0.1, 0.15) is 17.4 Å². The van der Waals surface area contributed by atoms with E-state index in [-0.39, 0.29) is 5.91 Å². The molecule has 0 atom stereocenters. The molecule has 2 aromatic carbocycles. The molecule has 0 aliphatic heterocycles. The van der Waals surface area contributed by atoms with E-state index in [0.717, 1.165) is 15.8 Å². The average molecular weight is 397 g/mol. The lowest BCUT2D eigenvalue weighted by atomic mass is 10.2. The summed E-state index contributed by atoms with van der Waals surface area (Å²) >= 11 is 3.43. The maximum Gasteiger partial charge on any atom is 0.277 e. The van der Waals surface area contributed by atoms with Crippen molar-refractivity contribution in [1.82, 2.24) is 9.97 Å². The lowest BCUT2D eigenvalue weighted by Crippen LogP contribution is -2.31. The second kappa shape index (κ2) is 7.90. The molecule has 6 heteroatoms. The second-order valence-corrected chi connectivity index (χ2v) is 6.20. The summed E-state index contributed by atoms with van der Waals surface area (Å²) in [4.78, 5) is 23.1. The molecular formula is C19H17BrN4O. The molecule has 1 N–H and O–H groups in total. The van der Waals surface area contributed by atoms with Gasteiger partial charge >= 0.3 is 0 Å². The topological polar surface area (TPSA) is 58.1 Å². The van der Waals surface area contributed by atoms with E-state index < -0.39 is 0 Å². The van der Waals surface area contributed by atoms with Gasteiger partial charge in [-0.3, -0.25) is 4.79 Å². The molecular weight excluding hydrogens is 380 g/mol. The van der Waals surface area contributed by atoms with Gasteiger partial charge in [0.15, 0.2) is 0 Å². The van der Waals surface area contributed by atoms with Crippen LogP contribution in [0.4, 0.5) is 17.3 Å². The first-order valence-corrected chi connectivity index (χ1v) is 8.69. The number of amides is 1. The standard InChI is InChI=1S/C19H17BrN4O/c1-2-24(16-9-4-3-5-10-16)18(25)17-11-12-21-19(23-17)22-15-8-6-7-14(20)13-15/h3-13H,2H2,1H3,(H,21,22,23). The number of anilines is 3. The zero-order valence-corrected chi connectivity index (χ0v) is 15.3. The minimum atomic E-state index is -0.159. The molecule has 0 bridgehead atoms. The molecule has 3 aromatic rings. The van der Waals surface area contributed by atoms with Crippen LogP contribution in [-0.2, 0) is 0 Å². The van der Waals surface area contributed by atoms with Gasteiger partial charge in [-0.25, -0.2) is 9.97 Å². The average Bonchev–Trinajstić information content (AvgIpc) is 2.63. The highest BCUT2D eigenvalue weighted by atomic mass is 79.9. The summed E-state index contributed by atoms with van der Waals surface area (Å²) in [6.07, 6.45) is 1.58. The molecule has 0 saturated carbocycles. The molecule has 1 heterocycles. The van der Waals surface area contributed by atoms with Gasteiger partial charge < -0.3 is 10.2 Å². The van der Waals surface area contributed by atoms with Gasteiger partial charge in [-0.1, -0.05) is 40.2 Å². The third-order valence-electron chi connectivity index (χ3n) is 3.58. The Balaban J connectivity index is 1.84. The number of hydrogen-bond acceptors (Lipinski definition) is 4. The van der Waals surface area contributed by atoms with Crippen LogP contribution < -0.4 is 10.2 Å². The molecule has 0 unspecified atom stereocenters. The van der Waals surface area contributed by atoms with Gasteiger partial charge in [0, 0.05) is 28.6 Å². The summed E-state index contributed by atoms with van der Waals surface area (Å²) in [5, 5.41) is 3.11. The first-order valence-electron chi connectivity index (χ1n) is 7.90. The van der Waals surface area contributed by atoms with Gasteiger partial charge in [0.05, 0.1) is 0 Å². The summed E-state index contributed by atoms with van der Waals surface area (Å²) in [5.74, 6) is 0.224. The SMILES string of the molecule is CCN(C(=O)c1ccnc(Nc2cccc(Br)c2)n1)c1ccccc1. The Morgan fingerprint density at radius 2 is 1.92 bits per heavy atom. The van der Waals surface area contributed by atoms with Crippen LogP contribution in [0.25, 0.3) is 0 Å². The smallest absolute Gasteiger partial charge is 0.277 e. The maximum absolute atomic E-state index is 12.8. The van der Waals surface area contributed by atoms with Crippen LogP contribution in [0.5, 0.6) is 0 Å². The van der Waals surface area contributed by atoms with Crippen LogP contribution >= 0.6 is 15.9 Å². The fourth-order valence-corrected chi connectivity index (χ4v) is 2.82. The molecule has 1 amide bonds. The van der Waals surface area contributed by atoms with Crippen molar-refractivity contribution >= 4 is 39.2 Å². The van der Waals surface area contributed by atoms with E-state index >= 15 is 0 Å². The molecule has 0 aliphatic carbocycles. The maximum atomic E-state index is 12.8. The number of halogens is 1. The number of hydrogen-bond donors (Lipinski definition) is 1. The predicted molar refractivity (Wildman–Crippen MR) is 103 cm³/mol. The number of aromatic nitrogens is 2. The van der Waals surface area contributed by atoms with Crippen molar-refractivity contribution in [2.45, 2.75) is 6.92 Å². The number of carbonyl (C=O) groups is 1. The Morgan fingerprint density at radius 1 is 1.12 bits per heavy atom. The number of rotatable bonds is 5. The quantitative estimate of drug-likeness (QED) is 0.681. The number of nitrogens with zero attached hydrogens (tertiary/aromatic N) is 3. The van der Waals surface area contributed by atoms with E-state index in [0.29, 0.717) is 18.2 Å². The largest absolute Gasteiger partial charge is 0.324 e. The number of para-hydroxylation sites is 1. The van der Waals surface area contributed by atoms with Gasteiger partial charge in [0.1, 0.15) is 5.69 Å². The van der Waals surface area contributed by atoms with Gasteiger partial charge in [-0.15, -0.1) is 0 Å². The van der Waals surface area contributed by atoms with Crippen molar-refractivity contribution in [3.8, 4) is 0 Å². The first-order chi connectivity index (χ1) is 12.2. The van der Waals surface area contributed by atoms with Crippen LogP contribution in [0.3, 0.4) is 0 Å². The number of carbonyl (C=O) groups excluding carboxylic acids is 1. The highest BCUT2D eigenvalue weighted by Gasteiger charge is 2.17. The van der Waals surface area contributed by atoms with E-state index in [4.69, 9.17) is 0 Å². The summed E-state index contributed by atoms with van der Waals surface area (Å²) in [6.45, 7) is 2.49. The predicted octanol–water partition coefficient (Wildman–Crippen LogP) is 4.65. The van der Waals surface area contributed by atoms with Crippen LogP contribution in [0.2, 0.25) is 0 Å². The van der Waals surface area contributed by atoms with Gasteiger partial charge in [0.2, 0.25) is 5.95 Å². The van der Waals surface area contributed by atoms with E-state index in [9.17, 15) is 4.79 Å². The molecule has 0 saturated heterocycles. The monoisotopic (exact) mass is 396 g/mol. The number of benzene rings is 2. The molecule has 3 rings (SSSR count). The van der Waals surface area contributed by atoms with Crippen molar-refractivity contribution in [2.24, 2.45) is 0 Å². The molecule has 126 valence electrons. The Hall–Kier alpha value is -2.73. The molecule has 0 spiro atoms. The molecule has 1 aromatic heterocycles. The number of nitrogens with one attached hydrogen (secondary N) is 1. The molecule has 0 radical (unpaired) electrons. The first kappa shape index (κ1) is 17.1. The van der Waals surface area contributed by atoms with Crippen molar-refractivity contribution < 1.29 is 4.79 Å². The van der Waals surface area contributed by atoms with Crippen molar-refractivity contribution in [3.05, 3.63) is 77.0 Å². The van der Waals surface area contributed by atoms with Crippen LogP contribution in [-0.4, -0.2) is 22.4 Å². The Labute approximate surface area is 154 Å². The van der Waals surface area contributed by atoms with Crippen molar-refractivity contribution in [2.75, 3.05) is 16.8 Å². The lowest BCUT2D eigenvalue weighted by Gasteiger charge is -2.20. The van der Waals surface area contributed by atoms with Crippen LogP contribution in [0.15, 0.2) is 71.3 Å². The normalized spacial score (nSPS) is 10.3. The Morgan fingerprint density at radius 3 is 2.64 bits per heavy atom. The lowest BCUT2D eigenvalue weighted by molar-refractivity contribution is 0.0983. The zero-order valence-electron chi connectivity index (χ0n) is 13.7. The molecule has 5 nitrogen and oxygen atoms in total. The summed E-state index contributed by atoms with van der Waals surface area (Å²) < 4.78 is 0.950. The summed E-state index contributed by atoms with van der Waals surface area (Å²) in [7, 11) is 0. The highest BCUT2D eigenvalue weighted by Crippen LogP contribution is 2.19. The Bertz CT molecular complexity index is 870. The zero-order chi connectivity index (χ0) is 17.6. The molecule has 0 fully saturated rings. The summed E-state index contributed by atoms with van der Waals surface area (Å²) in [5.41, 5.74) is 2.03. The van der Waals surface area contributed by atoms with Gasteiger partial charge in [0.25, 0.3) is 5.91 Å². The van der Waals surface area contributed by atoms with Gasteiger partial charge in [-0.2, -0.15) is 0 Å².